The van der Waals surface area contributed by atoms with Crippen LogP contribution in [0.15, 0.2) is 0 Å². The topological polar surface area (TPSA) is 112 Å². The summed E-state index contributed by atoms with van der Waals surface area (Å²) in [6, 6.07) is 0. The van der Waals surface area contributed by atoms with Gasteiger partial charge in [-0.3, -0.25) is 14.4 Å². The quantitative estimate of drug-likeness (QED) is 0.407. The van der Waals surface area contributed by atoms with Gasteiger partial charge >= 0.3 is 0 Å². The second-order valence-corrected chi connectivity index (χ2v) is 5.90. The molecule has 6 nitrogen and oxygen atoms in total. The largest absolute Gasteiger partial charge is 0.386 e. The molecule has 18 heavy (non-hydrogen) atoms. The lowest BCUT2D eigenvalue weighted by atomic mass is 9.84. The number of rotatable bonds is 7. The Morgan fingerprint density at radius 1 is 1.22 bits per heavy atom. The molecule has 0 aliphatic heterocycles. The molecule has 0 radical (unpaired) electrons. The van der Waals surface area contributed by atoms with Gasteiger partial charge < -0.3 is 15.3 Å². The van der Waals surface area contributed by atoms with Gasteiger partial charge in [-0.15, -0.1) is 0 Å². The van der Waals surface area contributed by atoms with Gasteiger partial charge in [0.25, 0.3) is 0 Å². The number of halogens is 2. The normalized spacial score (nSPS) is 19.5. The highest BCUT2D eigenvalue weighted by atomic mass is 79.9. The van der Waals surface area contributed by atoms with E-state index in [0.29, 0.717) is 0 Å². The molecule has 3 N–H and O–H groups in total. The van der Waals surface area contributed by atoms with Crippen LogP contribution in [0.2, 0.25) is 0 Å². The molecule has 0 aromatic carbocycles. The Kier molecular flexibility index (Phi) is 6.80. The molecule has 0 aliphatic rings. The van der Waals surface area contributed by atoms with Gasteiger partial charge in [0.05, 0.1) is 4.83 Å². The van der Waals surface area contributed by atoms with Crippen LogP contribution in [0.5, 0.6) is 0 Å². The van der Waals surface area contributed by atoms with Crippen molar-refractivity contribution in [1.29, 1.82) is 0 Å². The SMILES string of the molecule is CC(=O)C(O)[C@@H](O)[C@](O)(C(C)=O)[C@H](Br)CC(=O)Br. The molecule has 0 aliphatic carbocycles. The number of hydrogen-bond donors (Lipinski definition) is 3. The van der Waals surface area contributed by atoms with Crippen LogP contribution in [0.1, 0.15) is 20.3 Å². The molecule has 0 fully saturated rings. The van der Waals surface area contributed by atoms with E-state index in [-0.39, 0.29) is 6.42 Å². The van der Waals surface area contributed by atoms with Gasteiger partial charge in [0.2, 0.25) is 0 Å². The fourth-order valence-electron chi connectivity index (χ4n) is 1.37. The molecule has 1 unspecified atom stereocenters. The molecule has 0 heterocycles. The first-order chi connectivity index (χ1) is 8.05. The maximum absolute atomic E-state index is 11.5. The number of carbonyl (C=O) groups excluding carboxylic acids is 3. The monoisotopic (exact) mass is 388 g/mol. The summed E-state index contributed by atoms with van der Waals surface area (Å²) < 4.78 is -0.506. The van der Waals surface area contributed by atoms with Gasteiger partial charge in [-0.05, 0) is 29.8 Å². The maximum atomic E-state index is 11.5. The van der Waals surface area contributed by atoms with Crippen molar-refractivity contribution in [3.63, 3.8) is 0 Å². The van der Waals surface area contributed by atoms with E-state index in [2.05, 4.69) is 31.9 Å². The predicted octanol–water partition coefficient (Wildman–Crippen LogP) is -0.308. The van der Waals surface area contributed by atoms with Crippen LogP contribution in [0.3, 0.4) is 0 Å². The molecule has 0 aromatic heterocycles. The summed E-state index contributed by atoms with van der Waals surface area (Å²) in [5, 5.41) is 29.4. The molecule has 0 amide bonds. The number of carbonyl (C=O) groups is 3. The van der Waals surface area contributed by atoms with E-state index in [1.165, 1.54) is 0 Å². The van der Waals surface area contributed by atoms with E-state index in [0.717, 1.165) is 13.8 Å². The van der Waals surface area contributed by atoms with Crippen LogP contribution in [-0.4, -0.2) is 54.2 Å². The first-order valence-electron chi connectivity index (χ1n) is 4.97. The van der Waals surface area contributed by atoms with Crippen molar-refractivity contribution in [2.75, 3.05) is 0 Å². The van der Waals surface area contributed by atoms with Crippen molar-refractivity contribution in [1.82, 2.24) is 0 Å². The number of alkyl halides is 1. The lowest BCUT2D eigenvalue weighted by molar-refractivity contribution is -0.164. The zero-order chi connectivity index (χ0) is 14.7. The fourth-order valence-corrected chi connectivity index (χ4v) is 3.02. The minimum atomic E-state index is -2.44. The molecule has 0 saturated heterocycles. The number of aliphatic hydroxyl groups excluding tert-OH is 2. The van der Waals surface area contributed by atoms with Crippen LogP contribution in [0.4, 0.5) is 0 Å². The average molecular weight is 390 g/mol. The molecular formula is C10H14Br2O6. The predicted molar refractivity (Wildman–Crippen MR) is 69.6 cm³/mol. The lowest BCUT2D eigenvalue weighted by Crippen LogP contribution is -2.60. The first kappa shape index (κ1) is 17.8. The fraction of sp³-hybridized carbons (Fsp3) is 0.700. The Bertz CT molecular complexity index is 358. The van der Waals surface area contributed by atoms with E-state index < -0.39 is 38.9 Å². The molecule has 8 heteroatoms. The van der Waals surface area contributed by atoms with E-state index >= 15 is 0 Å². The molecule has 0 spiro atoms. The number of aliphatic hydroxyl groups is 3. The first-order valence-corrected chi connectivity index (χ1v) is 6.68. The second-order valence-electron chi connectivity index (χ2n) is 3.91. The Morgan fingerprint density at radius 2 is 1.67 bits per heavy atom. The highest BCUT2D eigenvalue weighted by Crippen LogP contribution is 2.29. The van der Waals surface area contributed by atoms with Crippen molar-refractivity contribution in [2.24, 2.45) is 0 Å². The zero-order valence-electron chi connectivity index (χ0n) is 9.76. The molecule has 0 rings (SSSR count). The Labute approximate surface area is 121 Å². The smallest absolute Gasteiger partial charge is 0.199 e. The van der Waals surface area contributed by atoms with Gasteiger partial charge in [0.15, 0.2) is 21.9 Å². The summed E-state index contributed by atoms with van der Waals surface area (Å²) >= 11 is 5.54. The number of Topliss-reactive ketones (excluding diaryl/α,β-unsaturated/α-hetero) is 2. The molecule has 0 bridgehead atoms. The molecule has 4 atom stereocenters. The lowest BCUT2D eigenvalue weighted by Gasteiger charge is -2.35. The third-order valence-electron chi connectivity index (χ3n) is 2.55. The van der Waals surface area contributed by atoms with E-state index in [9.17, 15) is 29.7 Å². The highest BCUT2D eigenvalue weighted by molar-refractivity contribution is 9.18. The Balaban J connectivity index is 5.32. The minimum absolute atomic E-state index is 0.308. The van der Waals surface area contributed by atoms with Gasteiger partial charge in [-0.1, -0.05) is 15.9 Å². The summed E-state index contributed by atoms with van der Waals surface area (Å²) in [5.74, 6) is -1.67. The van der Waals surface area contributed by atoms with Crippen molar-refractivity contribution in [3.8, 4) is 0 Å². The summed E-state index contributed by atoms with van der Waals surface area (Å²) in [4.78, 5) is 32.2. The molecule has 0 saturated carbocycles. The Morgan fingerprint density at radius 3 is 1.94 bits per heavy atom. The number of ketones is 2. The standard InChI is InChI=1S/C10H14Br2O6/c1-4(13)8(16)9(17)10(18,5(2)14)6(11)3-7(12)15/h6,8-9,16-18H,3H2,1-2H3/t6-,8?,9-,10+/m1/s1. The van der Waals surface area contributed by atoms with Crippen LogP contribution < -0.4 is 0 Å². The van der Waals surface area contributed by atoms with E-state index in [1.807, 2.05) is 0 Å². The molecular weight excluding hydrogens is 376 g/mol. The van der Waals surface area contributed by atoms with Crippen molar-refractivity contribution in [2.45, 2.75) is 42.9 Å². The third-order valence-corrected chi connectivity index (χ3v) is 3.89. The van der Waals surface area contributed by atoms with Crippen molar-refractivity contribution in [3.05, 3.63) is 0 Å². The number of hydrogen-bond acceptors (Lipinski definition) is 6. The molecule has 104 valence electrons. The van der Waals surface area contributed by atoms with Crippen LogP contribution >= 0.6 is 31.9 Å². The van der Waals surface area contributed by atoms with Crippen LogP contribution in [0, 0.1) is 0 Å². The highest BCUT2D eigenvalue weighted by Gasteiger charge is 2.50. The summed E-state index contributed by atoms with van der Waals surface area (Å²) in [7, 11) is 0. The second kappa shape index (κ2) is 6.85. The minimum Gasteiger partial charge on any atom is -0.386 e. The maximum Gasteiger partial charge on any atom is 0.199 e. The average Bonchev–Trinajstić information content (AvgIpc) is 2.24. The van der Waals surface area contributed by atoms with Crippen molar-refractivity contribution < 1.29 is 29.7 Å². The van der Waals surface area contributed by atoms with Gasteiger partial charge in [-0.2, -0.15) is 0 Å². The summed E-state index contributed by atoms with van der Waals surface area (Å²) in [6.45, 7) is 2.00. The summed E-state index contributed by atoms with van der Waals surface area (Å²) in [6.07, 6.45) is -4.24. The summed E-state index contributed by atoms with van der Waals surface area (Å²) in [5.41, 5.74) is -2.44. The Hall–Kier alpha value is -0.150. The van der Waals surface area contributed by atoms with Crippen molar-refractivity contribution >= 4 is 48.1 Å². The molecule has 0 aromatic rings. The zero-order valence-corrected chi connectivity index (χ0v) is 12.9. The van der Waals surface area contributed by atoms with Gasteiger partial charge in [-0.25, -0.2) is 0 Å². The third kappa shape index (κ3) is 3.92. The van der Waals surface area contributed by atoms with Crippen LogP contribution in [-0.2, 0) is 14.4 Å². The van der Waals surface area contributed by atoms with Gasteiger partial charge in [0.1, 0.15) is 12.2 Å². The van der Waals surface area contributed by atoms with Crippen LogP contribution in [0.25, 0.3) is 0 Å². The van der Waals surface area contributed by atoms with Gasteiger partial charge in [0, 0.05) is 6.42 Å². The van der Waals surface area contributed by atoms with E-state index in [4.69, 9.17) is 0 Å². The van der Waals surface area contributed by atoms with E-state index in [1.54, 1.807) is 0 Å².